The molecule has 0 spiro atoms. The van der Waals surface area contributed by atoms with Crippen molar-refractivity contribution in [1.82, 2.24) is 4.90 Å². The van der Waals surface area contributed by atoms with E-state index >= 15 is 0 Å². The van der Waals surface area contributed by atoms with E-state index in [4.69, 9.17) is 5.11 Å². The SMILES string of the molecule is C=C/C(=C/C)N=C(C)CC.CC.CC.CC.CCCC(CCC)N(CCC)C(CC)CC.CCc1ccc(O)cc1CC=O. The maximum atomic E-state index is 10.3. The van der Waals surface area contributed by atoms with Crippen molar-refractivity contribution in [2.24, 2.45) is 4.99 Å². The number of benzene rings is 1. The summed E-state index contributed by atoms with van der Waals surface area (Å²) in [6.07, 6.45) is 16.2. The van der Waals surface area contributed by atoms with Gasteiger partial charge in [-0.1, -0.05) is 122 Å². The molecule has 0 fully saturated rings. The number of aliphatic imine (C=N–C) groups is 1. The number of carbonyl (C=O) groups is 1. The molecular formula is C40H78N2O2. The van der Waals surface area contributed by atoms with E-state index in [1.54, 1.807) is 18.2 Å². The van der Waals surface area contributed by atoms with Crippen molar-refractivity contribution in [2.45, 2.75) is 180 Å². The van der Waals surface area contributed by atoms with Crippen LogP contribution >= 0.6 is 0 Å². The summed E-state index contributed by atoms with van der Waals surface area (Å²) in [7, 11) is 0. The molecular weight excluding hydrogens is 540 g/mol. The summed E-state index contributed by atoms with van der Waals surface area (Å²) in [5.74, 6) is 0.226. The third-order valence-electron chi connectivity index (χ3n) is 6.82. The van der Waals surface area contributed by atoms with Crippen molar-refractivity contribution in [2.75, 3.05) is 6.54 Å². The monoisotopic (exact) mass is 619 g/mol. The lowest BCUT2D eigenvalue weighted by Gasteiger charge is -2.37. The van der Waals surface area contributed by atoms with Gasteiger partial charge in [0.1, 0.15) is 12.0 Å². The largest absolute Gasteiger partial charge is 0.508 e. The van der Waals surface area contributed by atoms with Crippen LogP contribution < -0.4 is 0 Å². The normalized spacial score (nSPS) is 10.5. The molecule has 0 unspecified atom stereocenters. The molecule has 4 heteroatoms. The number of aldehydes is 1. The average Bonchev–Trinajstić information content (AvgIpc) is 3.07. The maximum Gasteiger partial charge on any atom is 0.124 e. The van der Waals surface area contributed by atoms with Gasteiger partial charge in [-0.15, -0.1) is 0 Å². The number of phenols is 1. The fourth-order valence-electron chi connectivity index (χ4n) is 4.59. The third-order valence-corrected chi connectivity index (χ3v) is 6.82. The van der Waals surface area contributed by atoms with Crippen molar-refractivity contribution in [3.8, 4) is 5.75 Å². The molecule has 0 aromatic heterocycles. The molecule has 1 aromatic carbocycles. The highest BCUT2D eigenvalue weighted by Crippen LogP contribution is 2.20. The molecule has 0 aliphatic rings. The zero-order chi connectivity index (χ0) is 35.3. The molecule has 0 heterocycles. The van der Waals surface area contributed by atoms with Crippen LogP contribution in [0, 0.1) is 0 Å². The fraction of sp³-hybridized carbons (Fsp3) is 0.700. The Labute approximate surface area is 277 Å². The lowest BCUT2D eigenvalue weighted by Crippen LogP contribution is -2.43. The van der Waals surface area contributed by atoms with E-state index in [-0.39, 0.29) is 5.75 Å². The standard InChI is InChI=1S/C15H33N.C10H12O2.C9H15N.3C2H6/c1-6-11-15(12-7-2)16(13-8-3)14(9-4)10-5;1-2-8-3-4-10(12)7-9(8)5-6-11;1-5-8(4)10-9(6-2)7-3;3*1-2/h14-15H,6-13H2,1-5H3;3-4,6-7,12H,2,5H2,1H3;6-7H,2,5H2,1,3-4H3;3*1-2H3/b;;9-7-,10-8?;;;. The highest BCUT2D eigenvalue weighted by atomic mass is 16.3. The van der Waals surface area contributed by atoms with Crippen molar-refractivity contribution in [1.29, 1.82) is 0 Å². The Morgan fingerprint density at radius 3 is 1.73 bits per heavy atom. The van der Waals surface area contributed by atoms with Crippen LogP contribution in [-0.4, -0.2) is 40.6 Å². The van der Waals surface area contributed by atoms with Crippen LogP contribution in [-0.2, 0) is 17.6 Å². The second-order valence-electron chi connectivity index (χ2n) is 9.73. The highest BCUT2D eigenvalue weighted by Gasteiger charge is 2.22. The number of aryl methyl sites for hydroxylation is 1. The van der Waals surface area contributed by atoms with Gasteiger partial charge in [-0.25, -0.2) is 0 Å². The first-order valence-electron chi connectivity index (χ1n) is 18.1. The molecule has 4 nitrogen and oxygen atoms in total. The summed E-state index contributed by atoms with van der Waals surface area (Å²) in [6, 6.07) is 6.79. The van der Waals surface area contributed by atoms with Crippen LogP contribution in [0.3, 0.4) is 0 Å². The van der Waals surface area contributed by atoms with E-state index in [2.05, 4.69) is 58.0 Å². The first-order valence-corrected chi connectivity index (χ1v) is 18.1. The molecule has 1 N–H and O–H groups in total. The molecule has 0 radical (unpaired) electrons. The van der Waals surface area contributed by atoms with Gasteiger partial charge < -0.3 is 9.90 Å². The first-order chi connectivity index (χ1) is 21.3. The lowest BCUT2D eigenvalue weighted by molar-refractivity contribution is -0.107. The van der Waals surface area contributed by atoms with Gasteiger partial charge >= 0.3 is 0 Å². The Bertz CT molecular complexity index is 789. The van der Waals surface area contributed by atoms with E-state index in [0.717, 1.165) is 53.7 Å². The van der Waals surface area contributed by atoms with E-state index in [1.807, 2.05) is 74.5 Å². The lowest BCUT2D eigenvalue weighted by atomic mass is 10.00. The number of carbonyl (C=O) groups excluding carboxylic acids is 1. The minimum absolute atomic E-state index is 0.226. The number of hydrogen-bond acceptors (Lipinski definition) is 4. The van der Waals surface area contributed by atoms with E-state index in [1.165, 1.54) is 51.5 Å². The van der Waals surface area contributed by atoms with Crippen molar-refractivity contribution >= 4 is 12.0 Å². The summed E-state index contributed by atoms with van der Waals surface area (Å²) >= 11 is 0. The number of hydrogen-bond donors (Lipinski definition) is 1. The molecule has 0 aliphatic carbocycles. The molecule has 1 aromatic rings. The van der Waals surface area contributed by atoms with Crippen LogP contribution in [0.25, 0.3) is 0 Å². The van der Waals surface area contributed by atoms with Crippen LogP contribution in [0.4, 0.5) is 0 Å². The van der Waals surface area contributed by atoms with Crippen LogP contribution in [0.5, 0.6) is 5.75 Å². The molecule has 260 valence electrons. The minimum Gasteiger partial charge on any atom is -0.508 e. The zero-order valence-corrected chi connectivity index (χ0v) is 32.4. The molecule has 0 saturated heterocycles. The maximum absolute atomic E-state index is 10.3. The zero-order valence-electron chi connectivity index (χ0n) is 32.4. The number of aromatic hydroxyl groups is 1. The van der Waals surface area contributed by atoms with Gasteiger partial charge in [0.05, 0.1) is 5.70 Å². The summed E-state index contributed by atoms with van der Waals surface area (Å²) in [5.41, 5.74) is 4.15. The van der Waals surface area contributed by atoms with Crippen LogP contribution in [0.15, 0.2) is 47.6 Å². The van der Waals surface area contributed by atoms with Crippen molar-refractivity contribution < 1.29 is 9.90 Å². The predicted molar refractivity (Wildman–Crippen MR) is 204 cm³/mol. The summed E-state index contributed by atoms with van der Waals surface area (Å²) in [5, 5.41) is 9.14. The summed E-state index contributed by atoms with van der Waals surface area (Å²) < 4.78 is 0. The van der Waals surface area contributed by atoms with Gasteiger partial charge in [0.15, 0.2) is 0 Å². The Hall–Kier alpha value is -2.20. The molecule has 0 bridgehead atoms. The minimum atomic E-state index is 0.226. The van der Waals surface area contributed by atoms with Gasteiger partial charge in [0.25, 0.3) is 0 Å². The second-order valence-corrected chi connectivity index (χ2v) is 9.73. The number of rotatable bonds is 16. The van der Waals surface area contributed by atoms with Crippen LogP contribution in [0.2, 0.25) is 0 Å². The number of nitrogens with zero attached hydrogens (tertiary/aromatic N) is 2. The fourth-order valence-corrected chi connectivity index (χ4v) is 4.59. The van der Waals surface area contributed by atoms with Gasteiger partial charge in [-0.2, -0.15) is 0 Å². The molecule has 0 saturated carbocycles. The van der Waals surface area contributed by atoms with Gasteiger partial charge in [0.2, 0.25) is 0 Å². The van der Waals surface area contributed by atoms with Gasteiger partial charge in [0, 0.05) is 24.2 Å². The Morgan fingerprint density at radius 2 is 1.39 bits per heavy atom. The molecule has 44 heavy (non-hydrogen) atoms. The Kier molecular flexibility index (Phi) is 47.6. The van der Waals surface area contributed by atoms with Crippen molar-refractivity contribution in [3.05, 3.63) is 53.8 Å². The highest BCUT2D eigenvalue weighted by molar-refractivity contribution is 5.82. The van der Waals surface area contributed by atoms with E-state index in [9.17, 15) is 4.79 Å². The number of phenolic OH excluding ortho intramolecular Hbond substituents is 1. The Morgan fingerprint density at radius 1 is 0.864 bits per heavy atom. The molecule has 0 atom stereocenters. The summed E-state index contributed by atoms with van der Waals surface area (Å²) in [6.45, 7) is 36.7. The van der Waals surface area contributed by atoms with Gasteiger partial charge in [-0.3, -0.25) is 9.89 Å². The number of allylic oxidation sites excluding steroid dienone is 2. The van der Waals surface area contributed by atoms with Crippen LogP contribution in [0.1, 0.15) is 166 Å². The molecule has 1 rings (SSSR count). The third kappa shape index (κ3) is 27.4. The van der Waals surface area contributed by atoms with E-state index < -0.39 is 0 Å². The van der Waals surface area contributed by atoms with Crippen molar-refractivity contribution in [3.63, 3.8) is 0 Å². The average molecular weight is 619 g/mol. The Balaban J connectivity index is -0.000000162. The summed E-state index contributed by atoms with van der Waals surface area (Å²) in [4.78, 5) is 17.4. The van der Waals surface area contributed by atoms with E-state index in [0.29, 0.717) is 6.42 Å². The van der Waals surface area contributed by atoms with Gasteiger partial charge in [-0.05, 0) is 94.7 Å². The molecule has 0 amide bonds. The smallest absolute Gasteiger partial charge is 0.124 e. The topological polar surface area (TPSA) is 52.9 Å². The first kappa shape index (κ1) is 51.4. The molecule has 0 aliphatic heterocycles. The predicted octanol–water partition coefficient (Wildman–Crippen LogP) is 12.6. The second kappa shape index (κ2) is 40.8. The quantitative estimate of drug-likeness (QED) is 0.114.